The molecule has 4 nitrogen and oxygen atoms in total. The highest BCUT2D eigenvalue weighted by molar-refractivity contribution is 7.15. The van der Waals surface area contributed by atoms with Crippen molar-refractivity contribution in [3.05, 3.63) is 10.6 Å². The molecule has 0 radical (unpaired) electrons. The Bertz CT molecular complexity index is 472. The molecule has 1 aliphatic heterocycles. The Morgan fingerprint density at radius 3 is 2.86 bits per heavy atom. The van der Waals surface area contributed by atoms with Gasteiger partial charge in [0.2, 0.25) is 0 Å². The lowest BCUT2D eigenvalue weighted by Crippen LogP contribution is -2.42. The van der Waals surface area contributed by atoms with Crippen LogP contribution in [0.5, 0.6) is 0 Å². The van der Waals surface area contributed by atoms with Gasteiger partial charge < -0.3 is 15.0 Å². The molecule has 1 saturated carbocycles. The smallest absolute Gasteiger partial charge is 0.186 e. The van der Waals surface area contributed by atoms with Gasteiger partial charge in [-0.05, 0) is 38.5 Å². The van der Waals surface area contributed by atoms with Crippen molar-refractivity contribution in [1.82, 2.24) is 10.3 Å². The van der Waals surface area contributed by atoms with Crippen molar-refractivity contribution in [3.8, 4) is 0 Å². The van der Waals surface area contributed by atoms with Crippen molar-refractivity contribution in [2.75, 3.05) is 18.6 Å². The maximum absolute atomic E-state index is 5.34. The second-order valence-corrected chi connectivity index (χ2v) is 7.57. The van der Waals surface area contributed by atoms with Crippen LogP contribution in [-0.4, -0.2) is 30.7 Å². The van der Waals surface area contributed by atoms with Crippen molar-refractivity contribution in [1.29, 1.82) is 0 Å². The molecule has 1 N–H and O–H groups in total. The highest BCUT2D eigenvalue weighted by atomic mass is 32.1. The van der Waals surface area contributed by atoms with Gasteiger partial charge in [-0.3, -0.25) is 0 Å². The molecule has 5 heteroatoms. The maximum Gasteiger partial charge on any atom is 0.186 e. The minimum atomic E-state index is 0.588. The Kier molecular flexibility index (Phi) is 4.82. The van der Waals surface area contributed by atoms with Gasteiger partial charge in [0.05, 0.1) is 12.3 Å². The minimum absolute atomic E-state index is 0.588. The van der Waals surface area contributed by atoms with Gasteiger partial charge in [0.25, 0.3) is 0 Å². The summed E-state index contributed by atoms with van der Waals surface area (Å²) in [5.74, 6) is 0.751. The van der Waals surface area contributed by atoms with Gasteiger partial charge in [-0.15, -0.1) is 11.3 Å². The fourth-order valence-corrected chi connectivity index (χ4v) is 4.14. The Morgan fingerprint density at radius 1 is 1.33 bits per heavy atom. The van der Waals surface area contributed by atoms with Crippen LogP contribution in [0.3, 0.4) is 0 Å². The van der Waals surface area contributed by atoms with Crippen molar-refractivity contribution in [2.24, 2.45) is 5.92 Å². The molecule has 21 heavy (non-hydrogen) atoms. The molecule has 1 aromatic rings. The van der Waals surface area contributed by atoms with Gasteiger partial charge in [0.1, 0.15) is 0 Å². The predicted octanol–water partition coefficient (Wildman–Crippen LogP) is 3.17. The summed E-state index contributed by atoms with van der Waals surface area (Å²) in [5.41, 5.74) is 1.12. The zero-order valence-corrected chi connectivity index (χ0v) is 14.2. The number of ether oxygens (including phenoxy) is 1. The van der Waals surface area contributed by atoms with Crippen molar-refractivity contribution >= 4 is 16.5 Å². The average Bonchev–Trinajstić information content (AvgIpc) is 3.22. The normalized spacial score (nSPS) is 26.3. The number of hydrogen-bond donors (Lipinski definition) is 1. The van der Waals surface area contributed by atoms with Crippen molar-refractivity contribution in [3.63, 3.8) is 0 Å². The van der Waals surface area contributed by atoms with Crippen LogP contribution in [-0.2, 0) is 17.9 Å². The minimum Gasteiger partial charge on any atom is -0.378 e. The zero-order valence-electron chi connectivity index (χ0n) is 13.4. The standard InChI is InChI=1S/C16H27N3OS/c1-11-5-4-8-19(12(11)2)16-18-14(10-20-3)15(21-16)9-17-13-6-7-13/h11-13,17H,4-10H2,1-3H3. The van der Waals surface area contributed by atoms with Crippen molar-refractivity contribution < 1.29 is 4.74 Å². The summed E-state index contributed by atoms with van der Waals surface area (Å²) in [4.78, 5) is 8.74. The summed E-state index contributed by atoms with van der Waals surface area (Å²) in [6.45, 7) is 7.40. The molecule has 2 unspecified atom stereocenters. The number of rotatable bonds is 6. The number of aromatic nitrogens is 1. The van der Waals surface area contributed by atoms with Crippen molar-refractivity contribution in [2.45, 2.75) is 64.8 Å². The number of nitrogens with one attached hydrogen (secondary N) is 1. The van der Waals surface area contributed by atoms with E-state index in [1.54, 1.807) is 7.11 Å². The lowest BCUT2D eigenvalue weighted by molar-refractivity contribution is 0.181. The monoisotopic (exact) mass is 309 g/mol. The molecule has 3 rings (SSSR count). The van der Waals surface area contributed by atoms with Gasteiger partial charge >= 0.3 is 0 Å². The summed E-state index contributed by atoms with van der Waals surface area (Å²) in [6.07, 6.45) is 5.27. The fraction of sp³-hybridized carbons (Fsp3) is 0.812. The largest absolute Gasteiger partial charge is 0.378 e. The summed E-state index contributed by atoms with van der Waals surface area (Å²) in [5, 5.41) is 4.79. The van der Waals surface area contributed by atoms with Crippen LogP contribution in [0, 0.1) is 5.92 Å². The molecule has 2 aliphatic rings. The van der Waals surface area contributed by atoms with E-state index < -0.39 is 0 Å². The van der Waals surface area contributed by atoms with Gasteiger partial charge in [-0.2, -0.15) is 0 Å². The van der Waals surface area contributed by atoms with Crippen LogP contribution in [0.1, 0.15) is 50.1 Å². The number of piperidine rings is 1. The average molecular weight is 309 g/mol. The van der Waals surface area contributed by atoms with E-state index in [9.17, 15) is 0 Å². The first-order valence-corrected chi connectivity index (χ1v) is 8.98. The van der Waals surface area contributed by atoms with Crippen LogP contribution < -0.4 is 10.2 Å². The van der Waals surface area contributed by atoms with Gasteiger partial charge in [-0.1, -0.05) is 6.92 Å². The van der Waals surface area contributed by atoms with Gasteiger partial charge in [-0.25, -0.2) is 4.98 Å². The van der Waals surface area contributed by atoms with E-state index in [1.165, 1.54) is 35.7 Å². The summed E-state index contributed by atoms with van der Waals surface area (Å²) >= 11 is 1.85. The molecule has 0 amide bonds. The molecule has 2 heterocycles. The van der Waals surface area contributed by atoms with Crippen LogP contribution in [0.15, 0.2) is 0 Å². The first kappa shape index (κ1) is 15.3. The van der Waals surface area contributed by atoms with Crippen LogP contribution >= 0.6 is 11.3 Å². The Hall–Kier alpha value is -0.650. The van der Waals surface area contributed by atoms with Crippen LogP contribution in [0.4, 0.5) is 5.13 Å². The van der Waals surface area contributed by atoms with E-state index in [0.717, 1.165) is 30.7 Å². The van der Waals surface area contributed by atoms with E-state index in [-0.39, 0.29) is 0 Å². The third-order valence-electron chi connectivity index (χ3n) is 4.80. The van der Waals surface area contributed by atoms with Gasteiger partial charge in [0, 0.05) is 37.2 Å². The maximum atomic E-state index is 5.34. The Labute approximate surface area is 131 Å². The lowest BCUT2D eigenvalue weighted by Gasteiger charge is -2.37. The Morgan fingerprint density at radius 2 is 2.14 bits per heavy atom. The van der Waals surface area contributed by atoms with E-state index in [4.69, 9.17) is 9.72 Å². The molecule has 118 valence electrons. The SMILES string of the molecule is COCc1nc(N2CCCC(C)C2C)sc1CNC1CC1. The quantitative estimate of drug-likeness (QED) is 0.876. The molecule has 1 aromatic heterocycles. The number of thiazole rings is 1. The third-order valence-corrected chi connectivity index (χ3v) is 5.93. The first-order chi connectivity index (χ1) is 10.2. The van der Waals surface area contributed by atoms with E-state index >= 15 is 0 Å². The number of nitrogens with zero attached hydrogens (tertiary/aromatic N) is 2. The molecule has 2 atom stereocenters. The number of methoxy groups -OCH3 is 1. The molecule has 1 saturated heterocycles. The highest BCUT2D eigenvalue weighted by Gasteiger charge is 2.28. The van der Waals surface area contributed by atoms with E-state index in [2.05, 4.69) is 24.1 Å². The van der Waals surface area contributed by atoms with E-state index in [1.807, 2.05) is 11.3 Å². The molecule has 1 aliphatic carbocycles. The molecule has 0 aromatic carbocycles. The summed E-state index contributed by atoms with van der Waals surface area (Å²) < 4.78 is 5.34. The van der Waals surface area contributed by atoms with Gasteiger partial charge in [0.15, 0.2) is 5.13 Å². The van der Waals surface area contributed by atoms with E-state index in [0.29, 0.717) is 12.6 Å². The number of hydrogen-bond acceptors (Lipinski definition) is 5. The lowest BCUT2D eigenvalue weighted by atomic mass is 9.93. The molecule has 0 spiro atoms. The summed E-state index contributed by atoms with van der Waals surface area (Å²) in [7, 11) is 1.75. The second-order valence-electron chi connectivity index (χ2n) is 6.51. The number of anilines is 1. The first-order valence-electron chi connectivity index (χ1n) is 8.16. The second kappa shape index (κ2) is 6.63. The van der Waals surface area contributed by atoms with Crippen LogP contribution in [0.2, 0.25) is 0 Å². The predicted molar refractivity (Wildman–Crippen MR) is 87.9 cm³/mol. The third kappa shape index (κ3) is 3.58. The highest BCUT2D eigenvalue weighted by Crippen LogP contribution is 2.34. The fourth-order valence-electron chi connectivity index (χ4n) is 3.01. The molecular weight excluding hydrogens is 282 g/mol. The van der Waals surface area contributed by atoms with Crippen LogP contribution in [0.25, 0.3) is 0 Å². The molecular formula is C16H27N3OS. The molecule has 0 bridgehead atoms. The Balaban J connectivity index is 1.75. The topological polar surface area (TPSA) is 37.4 Å². The zero-order chi connectivity index (χ0) is 14.8. The molecule has 2 fully saturated rings. The summed E-state index contributed by atoms with van der Waals surface area (Å²) in [6, 6.07) is 1.32.